The van der Waals surface area contributed by atoms with Gasteiger partial charge in [0.1, 0.15) is 0 Å². The monoisotopic (exact) mass is 262 g/mol. The molecule has 3 saturated carbocycles. The molecule has 8 atom stereocenters. The molecular weight excluding hydrogens is 228 g/mol. The van der Waals surface area contributed by atoms with E-state index in [4.69, 9.17) is 0 Å². The predicted molar refractivity (Wildman–Crippen MR) is 82.9 cm³/mol. The van der Waals surface area contributed by atoms with Crippen molar-refractivity contribution in [2.75, 3.05) is 0 Å². The van der Waals surface area contributed by atoms with E-state index in [1.807, 2.05) is 0 Å². The Hall–Kier alpha value is 0. The Morgan fingerprint density at radius 3 is 2.37 bits per heavy atom. The van der Waals surface area contributed by atoms with Gasteiger partial charge in [0.15, 0.2) is 0 Å². The van der Waals surface area contributed by atoms with Gasteiger partial charge in [0.05, 0.1) is 0 Å². The average Bonchev–Trinajstić information content (AvgIpc) is 3.21. The summed E-state index contributed by atoms with van der Waals surface area (Å²) in [6, 6.07) is 0. The lowest BCUT2D eigenvalue weighted by Gasteiger charge is -2.27. The maximum atomic E-state index is 2.60. The molecule has 0 heteroatoms. The molecule has 0 nitrogen and oxygen atoms in total. The molecule has 0 aromatic carbocycles. The van der Waals surface area contributed by atoms with Gasteiger partial charge >= 0.3 is 0 Å². The Labute approximate surface area is 120 Å². The summed E-state index contributed by atoms with van der Waals surface area (Å²) < 4.78 is 0. The van der Waals surface area contributed by atoms with E-state index >= 15 is 0 Å². The van der Waals surface area contributed by atoms with Gasteiger partial charge in [0, 0.05) is 0 Å². The summed E-state index contributed by atoms with van der Waals surface area (Å²) in [6.07, 6.45) is 8.84. The Bertz CT molecular complexity index is 333. The zero-order chi connectivity index (χ0) is 13.8. The standard InChI is InChI=1S/C19H34/c1-6-9-10-16-15(8-3)19(16)17-11-14(12(4)7-2)13(5)18(17)19/h12-18H,6-11H2,1-5H3/t12?,13-,14?,15?,16?,17?,18?,19?/m0/s1. The van der Waals surface area contributed by atoms with Crippen LogP contribution in [-0.2, 0) is 0 Å². The van der Waals surface area contributed by atoms with E-state index in [0.717, 1.165) is 46.8 Å². The number of rotatable bonds is 6. The quantitative estimate of drug-likeness (QED) is 0.570. The summed E-state index contributed by atoms with van der Waals surface area (Å²) >= 11 is 0. The Balaban J connectivity index is 1.66. The van der Waals surface area contributed by atoms with Crippen LogP contribution in [0.1, 0.15) is 73.1 Å². The lowest BCUT2D eigenvalue weighted by molar-refractivity contribution is 0.223. The Morgan fingerprint density at radius 1 is 1.16 bits per heavy atom. The van der Waals surface area contributed by atoms with Crippen molar-refractivity contribution in [1.29, 1.82) is 0 Å². The first-order valence-corrected chi connectivity index (χ1v) is 9.14. The van der Waals surface area contributed by atoms with E-state index in [1.165, 1.54) is 25.7 Å². The number of hydrogen-bond donors (Lipinski definition) is 0. The summed E-state index contributed by atoms with van der Waals surface area (Å²) in [5, 5.41) is 0. The van der Waals surface area contributed by atoms with Crippen LogP contribution >= 0.6 is 0 Å². The van der Waals surface area contributed by atoms with E-state index in [0.29, 0.717) is 0 Å². The molecule has 0 bridgehead atoms. The highest BCUT2D eigenvalue weighted by Gasteiger charge is 2.85. The van der Waals surface area contributed by atoms with E-state index in [1.54, 1.807) is 12.8 Å². The predicted octanol–water partition coefficient (Wildman–Crippen LogP) is 5.77. The molecule has 0 aromatic heterocycles. The molecule has 0 radical (unpaired) electrons. The first-order valence-electron chi connectivity index (χ1n) is 9.14. The molecule has 1 spiro atoms. The highest BCUT2D eigenvalue weighted by Crippen LogP contribution is 2.89. The smallest absolute Gasteiger partial charge is 0.0170 e. The van der Waals surface area contributed by atoms with Gasteiger partial charge in [-0.25, -0.2) is 0 Å². The molecule has 7 unspecified atom stereocenters. The topological polar surface area (TPSA) is 0 Å². The van der Waals surface area contributed by atoms with Gasteiger partial charge in [-0.3, -0.25) is 0 Å². The third-order valence-electron chi connectivity index (χ3n) is 7.66. The van der Waals surface area contributed by atoms with Gasteiger partial charge in [0.2, 0.25) is 0 Å². The van der Waals surface area contributed by atoms with Crippen LogP contribution in [0.25, 0.3) is 0 Å². The van der Waals surface area contributed by atoms with E-state index in [-0.39, 0.29) is 0 Å². The lowest BCUT2D eigenvalue weighted by Crippen LogP contribution is -2.19. The van der Waals surface area contributed by atoms with Crippen molar-refractivity contribution in [3.63, 3.8) is 0 Å². The van der Waals surface area contributed by atoms with Gasteiger partial charge in [-0.05, 0) is 59.7 Å². The molecule has 0 N–H and O–H groups in total. The molecule has 0 aromatic rings. The molecule has 0 aliphatic heterocycles. The van der Waals surface area contributed by atoms with Crippen LogP contribution in [0.5, 0.6) is 0 Å². The molecule has 3 aliphatic rings. The summed E-state index contributed by atoms with van der Waals surface area (Å²) in [5.74, 6) is 7.58. The highest BCUT2D eigenvalue weighted by molar-refractivity contribution is 5.32. The van der Waals surface area contributed by atoms with Gasteiger partial charge in [-0.2, -0.15) is 0 Å². The first kappa shape index (κ1) is 14.0. The Morgan fingerprint density at radius 2 is 1.89 bits per heavy atom. The summed E-state index contributed by atoms with van der Waals surface area (Å²) in [5.41, 5.74) is 0.882. The van der Waals surface area contributed by atoms with Crippen molar-refractivity contribution in [2.24, 2.45) is 46.8 Å². The van der Waals surface area contributed by atoms with Crippen LogP contribution in [0, 0.1) is 46.8 Å². The fraction of sp³-hybridized carbons (Fsp3) is 1.00. The highest BCUT2D eigenvalue weighted by atomic mass is 14.9. The van der Waals surface area contributed by atoms with Crippen LogP contribution in [0.15, 0.2) is 0 Å². The third-order valence-corrected chi connectivity index (χ3v) is 7.66. The zero-order valence-electron chi connectivity index (χ0n) is 13.8. The normalized spacial score (nSPS) is 52.3. The molecule has 3 rings (SSSR count). The second-order valence-corrected chi connectivity index (χ2v) is 8.04. The maximum Gasteiger partial charge on any atom is -0.0170 e. The van der Waals surface area contributed by atoms with Crippen molar-refractivity contribution in [2.45, 2.75) is 73.1 Å². The van der Waals surface area contributed by atoms with Gasteiger partial charge in [-0.1, -0.05) is 60.3 Å². The fourth-order valence-corrected chi connectivity index (χ4v) is 6.68. The molecule has 0 heterocycles. The number of unbranched alkanes of at least 4 members (excludes halogenated alkanes) is 1. The largest absolute Gasteiger partial charge is 0.0654 e. The van der Waals surface area contributed by atoms with E-state index < -0.39 is 0 Å². The summed E-state index contributed by atoms with van der Waals surface area (Å²) in [6.45, 7) is 12.3. The molecular formula is C19H34. The van der Waals surface area contributed by atoms with E-state index in [2.05, 4.69) is 34.6 Å². The number of fused-ring (bicyclic) bond motifs is 3. The van der Waals surface area contributed by atoms with Crippen LogP contribution < -0.4 is 0 Å². The van der Waals surface area contributed by atoms with Crippen LogP contribution in [0.2, 0.25) is 0 Å². The maximum absolute atomic E-state index is 2.60. The minimum Gasteiger partial charge on any atom is -0.0654 e. The van der Waals surface area contributed by atoms with Crippen LogP contribution in [0.4, 0.5) is 0 Å². The molecule has 110 valence electrons. The molecule has 3 fully saturated rings. The van der Waals surface area contributed by atoms with Crippen molar-refractivity contribution in [1.82, 2.24) is 0 Å². The minimum absolute atomic E-state index is 0.882. The van der Waals surface area contributed by atoms with Gasteiger partial charge in [0.25, 0.3) is 0 Å². The average molecular weight is 262 g/mol. The van der Waals surface area contributed by atoms with E-state index in [9.17, 15) is 0 Å². The zero-order valence-corrected chi connectivity index (χ0v) is 13.8. The molecule has 0 amide bonds. The number of hydrogen-bond acceptors (Lipinski definition) is 0. The fourth-order valence-electron chi connectivity index (χ4n) is 6.68. The summed E-state index contributed by atoms with van der Waals surface area (Å²) in [7, 11) is 0. The SMILES string of the molecule is CCCCC1C(CC)C12C1CC(C(C)CC)[C@H](C)C12. The molecule has 0 saturated heterocycles. The molecule has 3 aliphatic carbocycles. The first-order chi connectivity index (χ1) is 9.14. The summed E-state index contributed by atoms with van der Waals surface area (Å²) in [4.78, 5) is 0. The lowest BCUT2D eigenvalue weighted by atomic mass is 9.79. The second kappa shape index (κ2) is 4.78. The van der Waals surface area contributed by atoms with Crippen molar-refractivity contribution >= 4 is 0 Å². The van der Waals surface area contributed by atoms with Crippen molar-refractivity contribution in [3.8, 4) is 0 Å². The molecule has 19 heavy (non-hydrogen) atoms. The van der Waals surface area contributed by atoms with Crippen molar-refractivity contribution in [3.05, 3.63) is 0 Å². The van der Waals surface area contributed by atoms with Gasteiger partial charge < -0.3 is 0 Å². The van der Waals surface area contributed by atoms with Gasteiger partial charge in [-0.15, -0.1) is 0 Å². The van der Waals surface area contributed by atoms with Crippen LogP contribution in [-0.4, -0.2) is 0 Å². The second-order valence-electron chi connectivity index (χ2n) is 8.04. The Kier molecular flexibility index (Phi) is 3.51. The van der Waals surface area contributed by atoms with Crippen LogP contribution in [0.3, 0.4) is 0 Å². The minimum atomic E-state index is 0.882. The van der Waals surface area contributed by atoms with Crippen molar-refractivity contribution < 1.29 is 0 Å². The third kappa shape index (κ3) is 1.70.